The van der Waals surface area contributed by atoms with Crippen LogP contribution in [0.5, 0.6) is 0 Å². The Bertz CT molecular complexity index is 814. The summed E-state index contributed by atoms with van der Waals surface area (Å²) in [5.41, 5.74) is 5.33. The zero-order valence-corrected chi connectivity index (χ0v) is 15.1. The molecule has 8 nitrogen and oxygen atoms in total. The molecule has 25 heavy (non-hydrogen) atoms. The van der Waals surface area contributed by atoms with Crippen LogP contribution in [-0.2, 0) is 10.0 Å². The number of nitrogens with two attached hydrogens (primary N) is 1. The minimum absolute atomic E-state index is 0.0385. The van der Waals surface area contributed by atoms with Crippen LogP contribution in [0, 0.1) is 0 Å². The van der Waals surface area contributed by atoms with Gasteiger partial charge in [-0.2, -0.15) is 4.31 Å². The smallest absolute Gasteiger partial charge is 0.274 e. The fraction of sp³-hybridized carbons (Fsp3) is 0.533. The molecule has 2 saturated heterocycles. The lowest BCUT2D eigenvalue weighted by molar-refractivity contribution is 0.0652. The van der Waals surface area contributed by atoms with Crippen LogP contribution in [0.2, 0.25) is 5.02 Å². The van der Waals surface area contributed by atoms with E-state index in [9.17, 15) is 18.0 Å². The molecular formula is C15H19ClN4O4S. The maximum Gasteiger partial charge on any atom is 0.274 e. The molecule has 3 heterocycles. The molecule has 1 unspecified atom stereocenters. The first kappa shape index (κ1) is 18.1. The molecule has 0 spiro atoms. The summed E-state index contributed by atoms with van der Waals surface area (Å²) < 4.78 is 25.7. The number of aromatic nitrogens is 1. The molecule has 3 rings (SSSR count). The van der Waals surface area contributed by atoms with Crippen LogP contribution in [0.15, 0.2) is 12.3 Å². The second kappa shape index (κ2) is 6.89. The number of amides is 2. The molecule has 0 aliphatic carbocycles. The summed E-state index contributed by atoms with van der Waals surface area (Å²) in [6.45, 7) is 1.33. The summed E-state index contributed by atoms with van der Waals surface area (Å²) in [7, 11) is -3.22. The molecule has 10 heteroatoms. The van der Waals surface area contributed by atoms with Crippen LogP contribution in [0.1, 0.15) is 40.1 Å². The van der Waals surface area contributed by atoms with Gasteiger partial charge in [-0.05, 0) is 25.3 Å². The van der Waals surface area contributed by atoms with E-state index in [1.807, 2.05) is 0 Å². The number of rotatable bonds is 3. The van der Waals surface area contributed by atoms with Gasteiger partial charge in [-0.3, -0.25) is 9.59 Å². The van der Waals surface area contributed by atoms with Crippen LogP contribution >= 0.6 is 11.6 Å². The highest BCUT2D eigenvalue weighted by atomic mass is 35.5. The lowest BCUT2D eigenvalue weighted by Crippen LogP contribution is -2.50. The van der Waals surface area contributed by atoms with E-state index in [1.54, 1.807) is 4.90 Å². The van der Waals surface area contributed by atoms with Gasteiger partial charge in [-0.25, -0.2) is 13.4 Å². The van der Waals surface area contributed by atoms with Gasteiger partial charge in [0.25, 0.3) is 5.91 Å². The van der Waals surface area contributed by atoms with E-state index in [2.05, 4.69) is 4.98 Å². The number of hydrogen-bond acceptors (Lipinski definition) is 5. The number of halogens is 1. The van der Waals surface area contributed by atoms with Crippen LogP contribution < -0.4 is 5.73 Å². The fourth-order valence-corrected chi connectivity index (χ4v) is 5.33. The highest BCUT2D eigenvalue weighted by Crippen LogP contribution is 2.25. The number of sulfonamides is 1. The summed E-state index contributed by atoms with van der Waals surface area (Å²) >= 11 is 6.07. The van der Waals surface area contributed by atoms with Gasteiger partial charge in [0.1, 0.15) is 5.69 Å². The Morgan fingerprint density at radius 1 is 1.28 bits per heavy atom. The first-order valence-electron chi connectivity index (χ1n) is 8.04. The van der Waals surface area contributed by atoms with Gasteiger partial charge in [-0.1, -0.05) is 11.6 Å². The van der Waals surface area contributed by atoms with E-state index in [-0.39, 0.29) is 34.0 Å². The Kier molecular flexibility index (Phi) is 4.99. The van der Waals surface area contributed by atoms with Crippen molar-refractivity contribution in [2.75, 3.05) is 25.4 Å². The van der Waals surface area contributed by atoms with E-state index in [0.29, 0.717) is 32.5 Å². The third kappa shape index (κ3) is 3.63. The monoisotopic (exact) mass is 386 g/mol. The van der Waals surface area contributed by atoms with Crippen molar-refractivity contribution in [3.05, 3.63) is 28.5 Å². The second-order valence-corrected chi connectivity index (χ2v) is 8.69. The van der Waals surface area contributed by atoms with Gasteiger partial charge in [0, 0.05) is 31.9 Å². The molecule has 2 aliphatic heterocycles. The third-order valence-corrected chi connectivity index (χ3v) is 6.85. The molecule has 2 aliphatic rings. The van der Waals surface area contributed by atoms with E-state index in [0.717, 1.165) is 6.42 Å². The topological polar surface area (TPSA) is 114 Å². The predicted octanol–water partition coefficient (Wildman–Crippen LogP) is 0.474. The van der Waals surface area contributed by atoms with Gasteiger partial charge in [0.15, 0.2) is 0 Å². The summed E-state index contributed by atoms with van der Waals surface area (Å²) in [6.07, 6.45) is 3.27. The third-order valence-electron chi connectivity index (χ3n) is 4.56. The number of nitrogens with zero attached hydrogens (tertiary/aromatic N) is 3. The Labute approximate surface area is 151 Å². The molecule has 2 fully saturated rings. The molecule has 0 saturated carbocycles. The molecule has 1 aromatic heterocycles. The van der Waals surface area contributed by atoms with E-state index >= 15 is 0 Å². The Hall–Kier alpha value is -1.71. The minimum Gasteiger partial charge on any atom is -0.366 e. The zero-order valence-electron chi connectivity index (χ0n) is 13.5. The van der Waals surface area contributed by atoms with Gasteiger partial charge < -0.3 is 10.6 Å². The standard InChI is InChI=1S/C15H19ClN4O4S/c16-12-7-10(14(17)21)8-18-13(12)15(22)19-4-1-3-11(9-19)20-5-2-6-25(20,23)24/h7-8,11H,1-6,9H2,(H2,17,21). The summed E-state index contributed by atoms with van der Waals surface area (Å²) in [5, 5.41) is 0.0530. The Balaban J connectivity index is 1.77. The van der Waals surface area contributed by atoms with Gasteiger partial charge in [-0.15, -0.1) is 0 Å². The van der Waals surface area contributed by atoms with Crippen molar-refractivity contribution < 1.29 is 18.0 Å². The highest BCUT2D eigenvalue weighted by Gasteiger charge is 2.38. The second-order valence-electron chi connectivity index (χ2n) is 6.25. The highest BCUT2D eigenvalue weighted by molar-refractivity contribution is 7.89. The van der Waals surface area contributed by atoms with Crippen LogP contribution in [0.3, 0.4) is 0 Å². The normalized spacial score (nSPS) is 23.6. The molecule has 1 atom stereocenters. The summed E-state index contributed by atoms with van der Waals surface area (Å²) in [5.74, 6) is -0.882. The summed E-state index contributed by atoms with van der Waals surface area (Å²) in [4.78, 5) is 29.4. The van der Waals surface area contributed by atoms with Gasteiger partial charge in [0.05, 0.1) is 16.3 Å². The van der Waals surface area contributed by atoms with Crippen molar-refractivity contribution in [3.8, 4) is 0 Å². The van der Waals surface area contributed by atoms with Crippen LogP contribution in [-0.4, -0.2) is 65.9 Å². The number of hydrogen-bond donors (Lipinski definition) is 1. The van der Waals surface area contributed by atoms with E-state index in [4.69, 9.17) is 17.3 Å². The number of pyridine rings is 1. The lowest BCUT2D eigenvalue weighted by atomic mass is 10.0. The van der Waals surface area contributed by atoms with Crippen molar-refractivity contribution >= 4 is 33.4 Å². The number of piperidine rings is 1. The maximum absolute atomic E-state index is 12.7. The lowest BCUT2D eigenvalue weighted by Gasteiger charge is -2.36. The van der Waals surface area contributed by atoms with Crippen LogP contribution in [0.4, 0.5) is 0 Å². The predicted molar refractivity (Wildman–Crippen MR) is 91.8 cm³/mol. The SMILES string of the molecule is NC(=O)c1cnc(C(=O)N2CCCC(N3CCCS3(=O)=O)C2)c(Cl)c1. The first-order valence-corrected chi connectivity index (χ1v) is 10.0. The minimum atomic E-state index is -3.22. The quantitative estimate of drug-likeness (QED) is 0.811. The maximum atomic E-state index is 12.7. The van der Waals surface area contributed by atoms with E-state index < -0.39 is 15.9 Å². The number of likely N-dealkylation sites (tertiary alicyclic amines) is 1. The molecule has 1 aromatic rings. The molecule has 0 bridgehead atoms. The Morgan fingerprint density at radius 2 is 2.04 bits per heavy atom. The Morgan fingerprint density at radius 3 is 2.64 bits per heavy atom. The number of carbonyl (C=O) groups is 2. The van der Waals surface area contributed by atoms with Gasteiger partial charge in [0.2, 0.25) is 15.9 Å². The van der Waals surface area contributed by atoms with Crippen molar-refractivity contribution in [2.24, 2.45) is 5.73 Å². The molecule has 0 radical (unpaired) electrons. The molecular weight excluding hydrogens is 368 g/mol. The van der Waals surface area contributed by atoms with Crippen molar-refractivity contribution in [1.82, 2.24) is 14.2 Å². The summed E-state index contributed by atoms with van der Waals surface area (Å²) in [6, 6.07) is 1.10. The number of carbonyl (C=O) groups excluding carboxylic acids is 2. The largest absolute Gasteiger partial charge is 0.366 e. The van der Waals surface area contributed by atoms with Crippen LogP contribution in [0.25, 0.3) is 0 Å². The first-order chi connectivity index (χ1) is 11.8. The number of primary amides is 1. The average molecular weight is 387 g/mol. The van der Waals surface area contributed by atoms with Crippen molar-refractivity contribution in [3.63, 3.8) is 0 Å². The van der Waals surface area contributed by atoms with Crippen molar-refractivity contribution in [1.29, 1.82) is 0 Å². The molecule has 0 aromatic carbocycles. The molecule has 2 N–H and O–H groups in total. The average Bonchev–Trinajstić information content (AvgIpc) is 2.93. The fourth-order valence-electron chi connectivity index (χ4n) is 3.32. The molecule has 136 valence electrons. The zero-order chi connectivity index (χ0) is 18.2. The van der Waals surface area contributed by atoms with E-state index in [1.165, 1.54) is 16.6 Å². The molecule has 2 amide bonds. The van der Waals surface area contributed by atoms with Gasteiger partial charge >= 0.3 is 0 Å². The van der Waals surface area contributed by atoms with Crippen molar-refractivity contribution in [2.45, 2.75) is 25.3 Å².